The van der Waals surface area contributed by atoms with Crippen LogP contribution in [0.3, 0.4) is 0 Å². The minimum Gasteiger partial charge on any atom is -0.355 e. The van der Waals surface area contributed by atoms with Crippen molar-refractivity contribution >= 4 is 29.1 Å². The third-order valence-corrected chi connectivity index (χ3v) is 3.38. The smallest absolute Gasteiger partial charge is 0.233 e. The Labute approximate surface area is 134 Å². The Morgan fingerprint density at radius 1 is 0.909 bits per heavy atom. The number of carbonyl (C=O) groups excluding carboxylic acids is 2. The molecule has 0 aliphatic heterocycles. The second-order valence-electron chi connectivity index (χ2n) is 4.79. The summed E-state index contributed by atoms with van der Waals surface area (Å²) in [5, 5.41) is 5.79. The van der Waals surface area contributed by atoms with E-state index < -0.39 is 0 Å². The van der Waals surface area contributed by atoms with E-state index in [9.17, 15) is 9.59 Å². The van der Waals surface area contributed by atoms with E-state index in [1.807, 2.05) is 30.3 Å². The van der Waals surface area contributed by atoms with E-state index in [1.165, 1.54) is 0 Å². The summed E-state index contributed by atoms with van der Waals surface area (Å²) >= 11 is 5.94. The molecule has 0 bridgehead atoms. The molecule has 2 amide bonds. The third kappa shape index (κ3) is 5.22. The second kappa shape index (κ2) is 8.20. The number of halogens is 1. The number of para-hydroxylation sites is 1. The first-order valence-electron chi connectivity index (χ1n) is 7.00. The monoisotopic (exact) mass is 316 g/mol. The predicted molar refractivity (Wildman–Crippen MR) is 87.9 cm³/mol. The van der Waals surface area contributed by atoms with Crippen LogP contribution >= 0.6 is 11.6 Å². The van der Waals surface area contributed by atoms with Crippen LogP contribution in [0.4, 0.5) is 5.69 Å². The molecule has 2 aromatic rings. The van der Waals surface area contributed by atoms with Crippen LogP contribution in [0.2, 0.25) is 5.02 Å². The van der Waals surface area contributed by atoms with Crippen LogP contribution in [0, 0.1) is 0 Å². The van der Waals surface area contributed by atoms with Gasteiger partial charge in [-0.15, -0.1) is 0 Å². The van der Waals surface area contributed by atoms with Gasteiger partial charge in [0.2, 0.25) is 11.8 Å². The minimum absolute atomic E-state index is 0.222. The normalized spacial score (nSPS) is 10.0. The lowest BCUT2D eigenvalue weighted by Crippen LogP contribution is -2.29. The first-order valence-corrected chi connectivity index (χ1v) is 7.38. The van der Waals surface area contributed by atoms with Crippen molar-refractivity contribution in [1.29, 1.82) is 0 Å². The summed E-state index contributed by atoms with van der Waals surface area (Å²) in [6.45, 7) is 0.502. The molecule has 0 aromatic heterocycles. The van der Waals surface area contributed by atoms with Crippen molar-refractivity contribution in [2.24, 2.45) is 0 Å². The van der Waals surface area contributed by atoms with E-state index in [0.717, 1.165) is 12.0 Å². The second-order valence-corrected chi connectivity index (χ2v) is 5.20. The Hall–Kier alpha value is -2.33. The molecule has 0 saturated heterocycles. The highest BCUT2D eigenvalue weighted by Gasteiger charge is 2.10. The summed E-state index contributed by atoms with van der Waals surface area (Å²) in [5.74, 6) is -0.689. The standard InChI is InChI=1S/C17H17ClN2O2/c18-14-8-4-5-9-15(14)20-17(22)12-16(21)19-11-10-13-6-2-1-3-7-13/h1-9H,10-12H2,(H,19,21)(H,20,22). The first-order chi connectivity index (χ1) is 10.6. The Balaban J connectivity index is 1.72. The van der Waals surface area contributed by atoms with Gasteiger partial charge in [-0.2, -0.15) is 0 Å². The van der Waals surface area contributed by atoms with Gasteiger partial charge < -0.3 is 10.6 Å². The van der Waals surface area contributed by atoms with Gasteiger partial charge in [0.05, 0.1) is 10.7 Å². The van der Waals surface area contributed by atoms with Gasteiger partial charge in [-0.1, -0.05) is 54.1 Å². The molecule has 0 spiro atoms. The molecule has 0 saturated carbocycles. The average molecular weight is 317 g/mol. The molecule has 114 valence electrons. The van der Waals surface area contributed by atoms with Gasteiger partial charge in [-0.3, -0.25) is 9.59 Å². The summed E-state index contributed by atoms with van der Waals surface area (Å²) < 4.78 is 0. The number of amides is 2. The topological polar surface area (TPSA) is 58.2 Å². The van der Waals surface area contributed by atoms with Crippen LogP contribution in [0.15, 0.2) is 54.6 Å². The maximum Gasteiger partial charge on any atom is 0.233 e. The summed E-state index contributed by atoms with van der Waals surface area (Å²) in [7, 11) is 0. The molecule has 0 unspecified atom stereocenters. The van der Waals surface area contributed by atoms with Crippen molar-refractivity contribution in [3.63, 3.8) is 0 Å². The number of hydrogen-bond donors (Lipinski definition) is 2. The lowest BCUT2D eigenvalue weighted by molar-refractivity contribution is -0.126. The fourth-order valence-corrected chi connectivity index (χ4v) is 2.14. The van der Waals surface area contributed by atoms with Crippen molar-refractivity contribution < 1.29 is 9.59 Å². The molecule has 22 heavy (non-hydrogen) atoms. The van der Waals surface area contributed by atoms with E-state index in [1.54, 1.807) is 24.3 Å². The van der Waals surface area contributed by atoms with Gasteiger partial charge in [0.1, 0.15) is 6.42 Å². The zero-order valence-electron chi connectivity index (χ0n) is 12.0. The van der Waals surface area contributed by atoms with E-state index in [4.69, 9.17) is 11.6 Å². The quantitative estimate of drug-likeness (QED) is 0.805. The molecule has 0 aliphatic rings. The molecule has 0 fully saturated rings. The fourth-order valence-electron chi connectivity index (χ4n) is 1.96. The Bertz CT molecular complexity index is 644. The molecule has 4 nitrogen and oxygen atoms in total. The highest BCUT2D eigenvalue weighted by atomic mass is 35.5. The first kappa shape index (κ1) is 16.0. The number of hydrogen-bond acceptors (Lipinski definition) is 2. The number of rotatable bonds is 6. The lowest BCUT2D eigenvalue weighted by atomic mass is 10.1. The summed E-state index contributed by atoms with van der Waals surface area (Å²) in [6.07, 6.45) is 0.513. The highest BCUT2D eigenvalue weighted by molar-refractivity contribution is 6.33. The number of anilines is 1. The maximum atomic E-state index is 11.8. The van der Waals surface area contributed by atoms with Crippen LogP contribution in [-0.2, 0) is 16.0 Å². The van der Waals surface area contributed by atoms with E-state index in [-0.39, 0.29) is 18.2 Å². The average Bonchev–Trinajstić information content (AvgIpc) is 2.50. The van der Waals surface area contributed by atoms with Gasteiger partial charge in [-0.25, -0.2) is 0 Å². The largest absolute Gasteiger partial charge is 0.355 e. The summed E-state index contributed by atoms with van der Waals surface area (Å²) in [4.78, 5) is 23.5. The molecular formula is C17H17ClN2O2. The van der Waals surface area contributed by atoms with Crippen molar-refractivity contribution in [3.05, 3.63) is 65.2 Å². The molecule has 0 aliphatic carbocycles. The molecule has 2 aromatic carbocycles. The van der Waals surface area contributed by atoms with E-state index in [2.05, 4.69) is 10.6 Å². The van der Waals surface area contributed by atoms with Gasteiger partial charge >= 0.3 is 0 Å². The van der Waals surface area contributed by atoms with Gasteiger partial charge in [0.15, 0.2) is 0 Å². The zero-order chi connectivity index (χ0) is 15.8. The minimum atomic E-state index is -0.384. The molecule has 0 atom stereocenters. The van der Waals surface area contributed by atoms with E-state index >= 15 is 0 Å². The maximum absolute atomic E-state index is 11.8. The lowest BCUT2D eigenvalue weighted by Gasteiger charge is -2.08. The number of benzene rings is 2. The van der Waals surface area contributed by atoms with Crippen LogP contribution < -0.4 is 10.6 Å². The predicted octanol–water partition coefficient (Wildman–Crippen LogP) is 3.03. The van der Waals surface area contributed by atoms with Crippen LogP contribution in [0.1, 0.15) is 12.0 Å². The van der Waals surface area contributed by atoms with Gasteiger partial charge in [0.25, 0.3) is 0 Å². The molecule has 2 N–H and O–H groups in total. The van der Waals surface area contributed by atoms with Crippen LogP contribution in [0.25, 0.3) is 0 Å². The fraction of sp³-hybridized carbons (Fsp3) is 0.176. The summed E-state index contributed by atoms with van der Waals surface area (Å²) in [6, 6.07) is 16.7. The van der Waals surface area contributed by atoms with Crippen molar-refractivity contribution in [3.8, 4) is 0 Å². The molecular weight excluding hydrogens is 300 g/mol. The van der Waals surface area contributed by atoms with Crippen molar-refractivity contribution in [2.75, 3.05) is 11.9 Å². The van der Waals surface area contributed by atoms with Crippen molar-refractivity contribution in [1.82, 2.24) is 5.32 Å². The molecule has 5 heteroatoms. The zero-order valence-corrected chi connectivity index (χ0v) is 12.8. The van der Waals surface area contributed by atoms with Crippen LogP contribution in [0.5, 0.6) is 0 Å². The Kier molecular flexibility index (Phi) is 5.98. The number of carbonyl (C=O) groups is 2. The van der Waals surface area contributed by atoms with E-state index in [0.29, 0.717) is 17.3 Å². The van der Waals surface area contributed by atoms with Crippen LogP contribution in [-0.4, -0.2) is 18.4 Å². The SMILES string of the molecule is O=C(CC(=O)Nc1ccccc1Cl)NCCc1ccccc1. The Morgan fingerprint density at radius 2 is 1.59 bits per heavy atom. The molecule has 0 heterocycles. The van der Waals surface area contributed by atoms with Crippen molar-refractivity contribution in [2.45, 2.75) is 12.8 Å². The molecule has 0 radical (unpaired) electrons. The summed E-state index contributed by atoms with van der Waals surface area (Å²) in [5.41, 5.74) is 1.65. The Morgan fingerprint density at radius 3 is 2.32 bits per heavy atom. The van der Waals surface area contributed by atoms with Gasteiger partial charge in [0, 0.05) is 6.54 Å². The highest BCUT2D eigenvalue weighted by Crippen LogP contribution is 2.20. The molecule has 2 rings (SSSR count). The third-order valence-electron chi connectivity index (χ3n) is 3.05. The van der Waals surface area contributed by atoms with Gasteiger partial charge in [-0.05, 0) is 24.1 Å². The number of nitrogens with one attached hydrogen (secondary N) is 2.